The lowest BCUT2D eigenvalue weighted by Crippen LogP contribution is -1.97. The van der Waals surface area contributed by atoms with Gasteiger partial charge >= 0.3 is 0 Å². The average Bonchev–Trinajstić information content (AvgIpc) is 3.31. The monoisotopic (exact) mass is 452 g/mol. The Kier molecular flexibility index (Phi) is 7.67. The molecule has 0 N–H and O–H groups in total. The number of sulfone groups is 1. The molecule has 1 aromatic carbocycles. The molecule has 0 bridgehead atoms. The van der Waals surface area contributed by atoms with Crippen LogP contribution in [0, 0.1) is 18.3 Å². The van der Waals surface area contributed by atoms with Gasteiger partial charge in [0.2, 0.25) is 0 Å². The largest absolute Gasteiger partial charge is 0.494 e. The van der Waals surface area contributed by atoms with Crippen molar-refractivity contribution in [2.45, 2.75) is 39.0 Å². The summed E-state index contributed by atoms with van der Waals surface area (Å²) in [5, 5.41) is 1.01. The molecule has 0 unspecified atom stereocenters. The molecule has 0 saturated heterocycles. The number of hydrogen-bond acceptors (Lipinski definition) is 3. The number of ether oxygens (including phenoxy) is 1. The predicted molar refractivity (Wildman–Crippen MR) is 123 cm³/mol. The average molecular weight is 453 g/mol. The van der Waals surface area contributed by atoms with Gasteiger partial charge in [0.25, 0.3) is 0 Å². The molecule has 1 spiro atoms. The van der Waals surface area contributed by atoms with Gasteiger partial charge in [0.1, 0.15) is 0 Å². The minimum atomic E-state index is -3.20. The number of hydrogen-bond donors (Lipinski definition) is 0. The van der Waals surface area contributed by atoms with Gasteiger partial charge in [0.05, 0.1) is 22.1 Å². The molecular weight excluding hydrogens is 427 g/mol. The Bertz CT molecular complexity index is 971. The molecule has 1 fully saturated rings. The van der Waals surface area contributed by atoms with E-state index < -0.39 is 9.84 Å². The molecular formula is C23H26Cl2O3S. The van der Waals surface area contributed by atoms with E-state index in [9.17, 15) is 8.42 Å². The number of benzene rings is 1. The summed E-state index contributed by atoms with van der Waals surface area (Å²) < 4.78 is 28.8. The van der Waals surface area contributed by atoms with Crippen LogP contribution in [0.1, 0.15) is 44.6 Å². The molecule has 3 rings (SSSR count). The van der Waals surface area contributed by atoms with Crippen LogP contribution in [-0.2, 0) is 9.84 Å². The van der Waals surface area contributed by atoms with Crippen LogP contribution in [0.4, 0.5) is 0 Å². The third-order valence-corrected chi connectivity index (χ3v) is 7.22. The maximum atomic E-state index is 11.8. The molecule has 0 atom stereocenters. The van der Waals surface area contributed by atoms with Crippen LogP contribution in [0.2, 0.25) is 10.0 Å². The molecule has 1 aromatic rings. The van der Waals surface area contributed by atoms with Crippen molar-refractivity contribution in [1.82, 2.24) is 0 Å². The molecule has 0 aliphatic heterocycles. The Balaban J connectivity index is 0.00000145. The van der Waals surface area contributed by atoms with Crippen molar-refractivity contribution in [1.29, 1.82) is 0 Å². The number of halogens is 2. The fraction of sp³-hybridized carbons (Fsp3) is 0.391. The second kappa shape index (κ2) is 9.43. The van der Waals surface area contributed by atoms with Crippen LogP contribution in [0.15, 0.2) is 40.8 Å². The normalized spacial score (nSPS) is 18.1. The Hall–Kier alpha value is -1.67. The molecule has 0 aromatic heterocycles. The second-order valence-corrected chi connectivity index (χ2v) is 10.3. The van der Waals surface area contributed by atoms with Gasteiger partial charge in [0, 0.05) is 6.26 Å². The summed E-state index contributed by atoms with van der Waals surface area (Å²) in [5.41, 5.74) is 4.04. The van der Waals surface area contributed by atoms with E-state index in [-0.39, 0.29) is 0 Å². The fourth-order valence-electron chi connectivity index (χ4n) is 3.83. The topological polar surface area (TPSA) is 43.4 Å². The van der Waals surface area contributed by atoms with Gasteiger partial charge in [-0.15, -0.1) is 12.8 Å². The van der Waals surface area contributed by atoms with Crippen LogP contribution in [-0.4, -0.2) is 21.8 Å². The lowest BCUT2D eigenvalue weighted by atomic mass is 9.98. The van der Waals surface area contributed by atoms with Crippen molar-refractivity contribution in [3.8, 4) is 18.6 Å². The molecule has 1 saturated carbocycles. The number of methoxy groups -OCH3 is 1. The summed E-state index contributed by atoms with van der Waals surface area (Å²) in [7, 11) is -1.64. The lowest BCUT2D eigenvalue weighted by Gasteiger charge is -2.12. The smallest absolute Gasteiger partial charge is 0.175 e. The van der Waals surface area contributed by atoms with E-state index in [4.69, 9.17) is 27.9 Å². The first-order valence-electron chi connectivity index (χ1n) is 9.30. The summed E-state index contributed by atoms with van der Waals surface area (Å²) in [6.07, 6.45) is 19.8. The first-order chi connectivity index (χ1) is 13.7. The molecule has 0 amide bonds. The standard InChI is InChI=1S/C21H24Cl2O3S.C2H2/c1-4-16(27(3,24)25)7-5-6-14-12-21(8-9-21)13-17(14)15-10-18(22)20(26-2)19(23)11-15;1-2/h4-5,7,10-11H,6,8-9,12-13H2,1-3H3;1-2H/b7-5-,16-4+;. The van der Waals surface area contributed by atoms with Crippen LogP contribution < -0.4 is 4.74 Å². The van der Waals surface area contributed by atoms with E-state index in [1.165, 1.54) is 30.2 Å². The maximum Gasteiger partial charge on any atom is 0.175 e. The highest BCUT2D eigenvalue weighted by atomic mass is 35.5. The summed E-state index contributed by atoms with van der Waals surface area (Å²) in [6, 6.07) is 3.83. The highest BCUT2D eigenvalue weighted by molar-refractivity contribution is 7.94. The Morgan fingerprint density at radius 3 is 2.24 bits per heavy atom. The summed E-state index contributed by atoms with van der Waals surface area (Å²) >= 11 is 12.7. The third-order valence-electron chi connectivity index (χ3n) is 5.43. The third kappa shape index (κ3) is 5.48. The van der Waals surface area contributed by atoms with Crippen LogP contribution in [0.3, 0.4) is 0 Å². The van der Waals surface area contributed by atoms with Gasteiger partial charge in [-0.25, -0.2) is 8.42 Å². The minimum Gasteiger partial charge on any atom is -0.494 e. The zero-order chi connectivity index (χ0) is 21.8. The summed E-state index contributed by atoms with van der Waals surface area (Å²) in [4.78, 5) is 0.347. The predicted octanol–water partition coefficient (Wildman–Crippen LogP) is 6.47. The molecule has 0 heterocycles. The van der Waals surface area contributed by atoms with E-state index in [2.05, 4.69) is 12.8 Å². The second-order valence-electron chi connectivity index (χ2n) is 7.48. The van der Waals surface area contributed by atoms with E-state index in [1.807, 2.05) is 18.2 Å². The van der Waals surface area contributed by atoms with Crippen LogP contribution >= 0.6 is 23.2 Å². The molecule has 156 valence electrons. The summed E-state index contributed by atoms with van der Waals surface area (Å²) in [6.45, 7) is 1.74. The lowest BCUT2D eigenvalue weighted by molar-refractivity contribution is 0.415. The Morgan fingerprint density at radius 2 is 1.79 bits per heavy atom. The quantitative estimate of drug-likeness (QED) is 0.366. The van der Waals surface area contributed by atoms with Crippen molar-refractivity contribution in [2.75, 3.05) is 13.4 Å². The van der Waals surface area contributed by atoms with Crippen molar-refractivity contribution in [3.63, 3.8) is 0 Å². The van der Waals surface area contributed by atoms with E-state index in [0.717, 1.165) is 24.8 Å². The first-order valence-corrected chi connectivity index (χ1v) is 11.9. The summed E-state index contributed by atoms with van der Waals surface area (Å²) in [5.74, 6) is 0.495. The highest BCUT2D eigenvalue weighted by Crippen LogP contribution is 2.62. The maximum absolute atomic E-state index is 11.8. The van der Waals surface area contributed by atoms with Gasteiger partial charge in [-0.1, -0.05) is 40.9 Å². The van der Waals surface area contributed by atoms with E-state index >= 15 is 0 Å². The van der Waals surface area contributed by atoms with Crippen molar-refractivity contribution < 1.29 is 13.2 Å². The SMILES string of the molecule is C#C.C/C=C(\C=C/CC1=C(c2cc(Cl)c(OC)c(Cl)c2)CC2(CC2)C1)S(C)(=O)=O. The molecule has 2 aliphatic rings. The van der Waals surface area contributed by atoms with E-state index in [0.29, 0.717) is 26.1 Å². The molecule has 2 aliphatic carbocycles. The highest BCUT2D eigenvalue weighted by Gasteiger charge is 2.47. The number of terminal acetylenes is 1. The van der Waals surface area contributed by atoms with Gasteiger partial charge in [-0.2, -0.15) is 0 Å². The Labute approximate surface area is 184 Å². The van der Waals surface area contributed by atoms with Gasteiger partial charge in [0.15, 0.2) is 15.6 Å². The first kappa shape index (κ1) is 23.6. The fourth-order valence-corrected chi connectivity index (χ4v) is 5.25. The zero-order valence-corrected chi connectivity index (χ0v) is 19.3. The van der Waals surface area contributed by atoms with Crippen LogP contribution in [0.25, 0.3) is 5.57 Å². The van der Waals surface area contributed by atoms with Crippen molar-refractivity contribution >= 4 is 38.6 Å². The van der Waals surface area contributed by atoms with Gasteiger partial charge < -0.3 is 4.74 Å². The molecule has 6 heteroatoms. The molecule has 0 radical (unpaired) electrons. The Morgan fingerprint density at radius 1 is 1.21 bits per heavy atom. The van der Waals surface area contributed by atoms with E-state index in [1.54, 1.807) is 26.2 Å². The number of rotatable bonds is 6. The minimum absolute atomic E-state index is 0.347. The van der Waals surface area contributed by atoms with Crippen molar-refractivity contribution in [3.05, 3.63) is 56.4 Å². The number of allylic oxidation sites excluding steroid dienone is 5. The zero-order valence-electron chi connectivity index (χ0n) is 17.0. The molecule has 3 nitrogen and oxygen atoms in total. The molecule has 29 heavy (non-hydrogen) atoms. The van der Waals surface area contributed by atoms with Crippen LogP contribution in [0.5, 0.6) is 5.75 Å². The van der Waals surface area contributed by atoms with Gasteiger partial charge in [-0.3, -0.25) is 0 Å². The van der Waals surface area contributed by atoms with Crippen molar-refractivity contribution in [2.24, 2.45) is 5.41 Å². The van der Waals surface area contributed by atoms with Gasteiger partial charge in [-0.05, 0) is 73.8 Å².